The van der Waals surface area contributed by atoms with Crippen LogP contribution in [0.3, 0.4) is 0 Å². The second kappa shape index (κ2) is 7.73. The van der Waals surface area contributed by atoms with Crippen molar-refractivity contribution in [2.75, 3.05) is 7.11 Å². The molecule has 0 spiro atoms. The SMILES string of the molecule is CCC[C@@H](CC(=O)OC)c1c(O)c2c(c3c1OC(C)(C)C=C3)O[C@@H](C)[C@H](C)C2=O. The average Bonchev–Trinajstić information content (AvgIpc) is 2.65. The van der Waals surface area contributed by atoms with Crippen LogP contribution in [0.4, 0.5) is 0 Å². The summed E-state index contributed by atoms with van der Waals surface area (Å²) in [7, 11) is 1.34. The first kappa shape index (κ1) is 21.2. The molecule has 2 aliphatic rings. The molecule has 6 nitrogen and oxygen atoms in total. The topological polar surface area (TPSA) is 82.1 Å². The van der Waals surface area contributed by atoms with Crippen LogP contribution < -0.4 is 9.47 Å². The van der Waals surface area contributed by atoms with Gasteiger partial charge in [0.2, 0.25) is 0 Å². The number of phenols is 1. The Balaban J connectivity index is 2.29. The molecule has 2 heterocycles. The molecular formula is C23H30O6. The highest BCUT2D eigenvalue weighted by Crippen LogP contribution is 2.53. The van der Waals surface area contributed by atoms with E-state index in [1.54, 1.807) is 6.92 Å². The summed E-state index contributed by atoms with van der Waals surface area (Å²) in [4.78, 5) is 25.2. The first-order chi connectivity index (χ1) is 13.6. The molecule has 0 fully saturated rings. The van der Waals surface area contributed by atoms with Gasteiger partial charge in [0, 0.05) is 11.5 Å². The van der Waals surface area contributed by atoms with Gasteiger partial charge < -0.3 is 19.3 Å². The maximum Gasteiger partial charge on any atom is 0.306 e. The summed E-state index contributed by atoms with van der Waals surface area (Å²) in [6.45, 7) is 9.48. The number of ether oxygens (including phenoxy) is 3. The molecule has 1 N–H and O–H groups in total. The zero-order chi connectivity index (χ0) is 21.5. The summed E-state index contributed by atoms with van der Waals surface area (Å²) in [5, 5.41) is 11.3. The Labute approximate surface area is 171 Å². The third-order valence-electron chi connectivity index (χ3n) is 5.82. The molecule has 0 bridgehead atoms. The predicted molar refractivity (Wildman–Crippen MR) is 110 cm³/mol. The second-order valence-corrected chi connectivity index (χ2v) is 8.49. The van der Waals surface area contributed by atoms with Gasteiger partial charge in [0.15, 0.2) is 5.78 Å². The maximum atomic E-state index is 13.1. The van der Waals surface area contributed by atoms with E-state index in [1.807, 2.05) is 39.8 Å². The number of fused-ring (bicyclic) bond motifs is 3. The van der Waals surface area contributed by atoms with E-state index < -0.39 is 5.60 Å². The summed E-state index contributed by atoms with van der Waals surface area (Å²) >= 11 is 0. The third kappa shape index (κ3) is 3.72. The van der Waals surface area contributed by atoms with E-state index in [-0.39, 0.29) is 47.4 Å². The number of Topliss-reactive ketones (excluding diaryl/α,β-unsaturated/α-hetero) is 1. The molecule has 158 valence electrons. The molecule has 0 radical (unpaired) electrons. The smallest absolute Gasteiger partial charge is 0.306 e. The van der Waals surface area contributed by atoms with Gasteiger partial charge >= 0.3 is 5.97 Å². The monoisotopic (exact) mass is 402 g/mol. The lowest BCUT2D eigenvalue weighted by molar-refractivity contribution is -0.141. The Morgan fingerprint density at radius 3 is 2.62 bits per heavy atom. The highest BCUT2D eigenvalue weighted by atomic mass is 16.5. The number of methoxy groups -OCH3 is 1. The third-order valence-corrected chi connectivity index (χ3v) is 5.82. The molecule has 0 amide bonds. The number of carbonyl (C=O) groups excluding carboxylic acids is 2. The van der Waals surface area contributed by atoms with Gasteiger partial charge in [-0.2, -0.15) is 0 Å². The van der Waals surface area contributed by atoms with Crippen molar-refractivity contribution >= 4 is 17.8 Å². The maximum absolute atomic E-state index is 13.1. The minimum Gasteiger partial charge on any atom is -0.507 e. The Bertz CT molecular complexity index is 867. The molecule has 29 heavy (non-hydrogen) atoms. The number of aromatic hydroxyl groups is 1. The average molecular weight is 402 g/mol. The Kier molecular flexibility index (Phi) is 5.65. The van der Waals surface area contributed by atoms with E-state index in [0.717, 1.165) is 6.42 Å². The fourth-order valence-corrected chi connectivity index (χ4v) is 4.02. The highest BCUT2D eigenvalue weighted by Gasteiger charge is 2.41. The molecular weight excluding hydrogens is 372 g/mol. The lowest BCUT2D eigenvalue weighted by Gasteiger charge is -2.36. The number of ketones is 1. The number of phenolic OH excluding ortho intramolecular Hbond substituents is 1. The van der Waals surface area contributed by atoms with E-state index in [2.05, 4.69) is 0 Å². The lowest BCUT2D eigenvalue weighted by Crippen LogP contribution is -2.35. The molecule has 0 aromatic heterocycles. The minimum absolute atomic E-state index is 0.0949. The van der Waals surface area contributed by atoms with Crippen molar-refractivity contribution < 1.29 is 28.9 Å². The predicted octanol–water partition coefficient (Wildman–Crippen LogP) is 4.62. The number of benzene rings is 1. The molecule has 0 aliphatic carbocycles. The lowest BCUT2D eigenvalue weighted by atomic mass is 9.81. The largest absolute Gasteiger partial charge is 0.507 e. The Morgan fingerprint density at radius 1 is 1.31 bits per heavy atom. The van der Waals surface area contributed by atoms with Gasteiger partial charge in [-0.3, -0.25) is 9.59 Å². The van der Waals surface area contributed by atoms with Crippen molar-refractivity contribution in [1.29, 1.82) is 0 Å². The van der Waals surface area contributed by atoms with Gasteiger partial charge in [-0.05, 0) is 39.3 Å². The number of rotatable bonds is 5. The van der Waals surface area contributed by atoms with Crippen LogP contribution in [-0.4, -0.2) is 35.7 Å². The van der Waals surface area contributed by atoms with E-state index in [1.165, 1.54) is 7.11 Å². The van der Waals surface area contributed by atoms with Gasteiger partial charge in [0.05, 0.1) is 25.0 Å². The summed E-state index contributed by atoms with van der Waals surface area (Å²) in [5.74, 6) is -0.555. The standard InChI is InChI=1S/C23H30O6/c1-7-8-14(11-16(24)27-6)17-20(26)18-19(25)12(2)13(3)28-21(18)15-9-10-23(4,5)29-22(15)17/h9-10,12-14,26H,7-8,11H2,1-6H3/t12-,13-,14-/m0/s1. The van der Waals surface area contributed by atoms with Gasteiger partial charge in [-0.25, -0.2) is 0 Å². The first-order valence-electron chi connectivity index (χ1n) is 10.2. The molecule has 1 aromatic carbocycles. The molecule has 2 aliphatic heterocycles. The van der Waals surface area contributed by atoms with Crippen LogP contribution in [0.15, 0.2) is 6.08 Å². The van der Waals surface area contributed by atoms with Crippen molar-refractivity contribution in [2.45, 2.75) is 71.5 Å². The molecule has 6 heteroatoms. The summed E-state index contributed by atoms with van der Waals surface area (Å²) in [6.07, 6.45) is 5.01. The van der Waals surface area contributed by atoms with E-state index >= 15 is 0 Å². The second-order valence-electron chi connectivity index (χ2n) is 8.49. The van der Waals surface area contributed by atoms with Crippen LogP contribution >= 0.6 is 0 Å². The molecule has 3 rings (SSSR count). The van der Waals surface area contributed by atoms with Crippen molar-refractivity contribution in [3.05, 3.63) is 22.8 Å². The highest BCUT2D eigenvalue weighted by molar-refractivity contribution is 6.06. The summed E-state index contributed by atoms with van der Waals surface area (Å²) in [5.41, 5.74) is 0.720. The Morgan fingerprint density at radius 2 is 2.00 bits per heavy atom. The zero-order valence-corrected chi connectivity index (χ0v) is 18.0. The molecule has 0 saturated carbocycles. The van der Waals surface area contributed by atoms with E-state index in [4.69, 9.17) is 14.2 Å². The van der Waals surface area contributed by atoms with Crippen LogP contribution in [0, 0.1) is 5.92 Å². The van der Waals surface area contributed by atoms with Gasteiger partial charge in [0.25, 0.3) is 0 Å². The fraction of sp³-hybridized carbons (Fsp3) is 0.565. The number of carbonyl (C=O) groups is 2. The molecule has 3 atom stereocenters. The van der Waals surface area contributed by atoms with Crippen molar-refractivity contribution in [2.24, 2.45) is 5.92 Å². The fourth-order valence-electron chi connectivity index (χ4n) is 4.02. The van der Waals surface area contributed by atoms with Crippen molar-refractivity contribution in [3.63, 3.8) is 0 Å². The van der Waals surface area contributed by atoms with Gasteiger partial charge in [0.1, 0.15) is 34.5 Å². The van der Waals surface area contributed by atoms with Crippen molar-refractivity contribution in [3.8, 4) is 17.2 Å². The molecule has 1 aromatic rings. The molecule has 0 unspecified atom stereocenters. The normalized spacial score (nSPS) is 22.8. The van der Waals surface area contributed by atoms with Crippen molar-refractivity contribution in [1.82, 2.24) is 0 Å². The Hall–Kier alpha value is -2.50. The van der Waals surface area contributed by atoms with Gasteiger partial charge in [-0.15, -0.1) is 0 Å². The van der Waals surface area contributed by atoms with Crippen LogP contribution in [0.5, 0.6) is 17.2 Å². The number of esters is 1. The summed E-state index contributed by atoms with van der Waals surface area (Å²) < 4.78 is 17.2. The number of hydrogen-bond donors (Lipinski definition) is 1. The quantitative estimate of drug-likeness (QED) is 0.724. The van der Waals surface area contributed by atoms with Crippen LogP contribution in [-0.2, 0) is 9.53 Å². The van der Waals surface area contributed by atoms with E-state index in [9.17, 15) is 14.7 Å². The first-order valence-corrected chi connectivity index (χ1v) is 10.2. The minimum atomic E-state index is -0.595. The van der Waals surface area contributed by atoms with E-state index in [0.29, 0.717) is 29.0 Å². The van der Waals surface area contributed by atoms with Crippen LogP contribution in [0.1, 0.15) is 81.3 Å². The van der Waals surface area contributed by atoms with Gasteiger partial charge in [-0.1, -0.05) is 20.3 Å². The molecule has 0 saturated heterocycles. The zero-order valence-electron chi connectivity index (χ0n) is 18.0. The van der Waals surface area contributed by atoms with Crippen LogP contribution in [0.2, 0.25) is 0 Å². The summed E-state index contributed by atoms with van der Waals surface area (Å²) in [6, 6.07) is 0. The number of hydrogen-bond acceptors (Lipinski definition) is 6. The van der Waals surface area contributed by atoms with Crippen LogP contribution in [0.25, 0.3) is 6.08 Å².